The average Bonchev–Trinajstić information content (AvgIpc) is 2.80. The molecule has 2 atom stereocenters. The van der Waals surface area contributed by atoms with Gasteiger partial charge in [0, 0.05) is 43.9 Å². The summed E-state index contributed by atoms with van der Waals surface area (Å²) in [6.07, 6.45) is 5.36. The van der Waals surface area contributed by atoms with E-state index < -0.39 is 11.3 Å². The van der Waals surface area contributed by atoms with E-state index >= 15 is 0 Å². The number of allylic oxidation sites excluding steroid dienone is 2. The monoisotopic (exact) mass is 392 g/mol. The predicted octanol–water partition coefficient (Wildman–Crippen LogP) is 3.01. The minimum absolute atomic E-state index is 0.0443. The minimum atomic E-state index is -1.62. The van der Waals surface area contributed by atoms with Crippen molar-refractivity contribution >= 4 is 0 Å². The molecule has 0 saturated heterocycles. The normalized spacial score (nSPS) is 22.8. The van der Waals surface area contributed by atoms with Gasteiger partial charge in [0.05, 0.1) is 23.4 Å². The molecule has 0 spiro atoms. The van der Waals surface area contributed by atoms with Crippen molar-refractivity contribution in [2.45, 2.75) is 12.5 Å². The molecule has 0 bridgehead atoms. The van der Waals surface area contributed by atoms with Crippen LogP contribution in [0, 0.1) is 45.3 Å². The first-order chi connectivity index (χ1) is 14.6. The molecule has 146 valence electrons. The molecule has 1 aliphatic heterocycles. The van der Waals surface area contributed by atoms with Crippen molar-refractivity contribution in [2.24, 2.45) is 17.1 Å². The van der Waals surface area contributed by atoms with E-state index in [0.717, 1.165) is 17.7 Å². The molecule has 1 aromatic carbocycles. The van der Waals surface area contributed by atoms with Crippen molar-refractivity contribution in [1.82, 2.24) is 9.88 Å². The maximum absolute atomic E-state index is 10.1. The van der Waals surface area contributed by atoms with Crippen LogP contribution in [0.2, 0.25) is 0 Å². The number of fused-ring (bicyclic) bond motifs is 1. The van der Waals surface area contributed by atoms with Gasteiger partial charge >= 0.3 is 0 Å². The fourth-order valence-corrected chi connectivity index (χ4v) is 4.65. The van der Waals surface area contributed by atoms with Gasteiger partial charge < -0.3 is 5.73 Å². The van der Waals surface area contributed by atoms with Crippen LogP contribution in [0.5, 0.6) is 0 Å². The minimum Gasteiger partial charge on any atom is -0.399 e. The summed E-state index contributed by atoms with van der Waals surface area (Å²) < 4.78 is 0. The second-order valence-corrected chi connectivity index (χ2v) is 7.64. The number of aromatic nitrogens is 1. The molecule has 6 heteroatoms. The molecule has 0 saturated carbocycles. The molecule has 2 heterocycles. The van der Waals surface area contributed by atoms with E-state index in [-0.39, 0.29) is 17.2 Å². The highest BCUT2D eigenvalue weighted by Crippen LogP contribution is 2.54. The molecule has 6 nitrogen and oxygen atoms in total. The first-order valence-electron chi connectivity index (χ1n) is 9.74. The fourth-order valence-electron chi connectivity index (χ4n) is 4.65. The first-order valence-corrected chi connectivity index (χ1v) is 9.74. The SMILES string of the molecule is N#CC1=C(N)C(C#N)(C#N)[C@H](c2cccnc2)[C@@H]2CN(Cc3ccccc3)CC=C12. The lowest BCUT2D eigenvalue weighted by atomic mass is 9.58. The van der Waals surface area contributed by atoms with Crippen LogP contribution >= 0.6 is 0 Å². The van der Waals surface area contributed by atoms with Crippen LogP contribution in [0.15, 0.2) is 77.8 Å². The van der Waals surface area contributed by atoms with Crippen LogP contribution in [-0.2, 0) is 6.54 Å². The Labute approximate surface area is 175 Å². The van der Waals surface area contributed by atoms with Gasteiger partial charge in [0.15, 0.2) is 5.41 Å². The zero-order valence-electron chi connectivity index (χ0n) is 16.4. The maximum atomic E-state index is 10.1. The number of pyridine rings is 1. The third-order valence-electron chi connectivity index (χ3n) is 6.03. The van der Waals surface area contributed by atoms with E-state index in [1.54, 1.807) is 18.5 Å². The van der Waals surface area contributed by atoms with Crippen LogP contribution < -0.4 is 5.73 Å². The van der Waals surface area contributed by atoms with Gasteiger partial charge in [-0.3, -0.25) is 9.88 Å². The Hall–Kier alpha value is -3.92. The lowest BCUT2D eigenvalue weighted by molar-refractivity contribution is 0.201. The second-order valence-electron chi connectivity index (χ2n) is 7.64. The van der Waals surface area contributed by atoms with Crippen molar-refractivity contribution in [2.75, 3.05) is 13.1 Å². The van der Waals surface area contributed by atoms with Crippen molar-refractivity contribution in [1.29, 1.82) is 15.8 Å². The average molecular weight is 392 g/mol. The van der Waals surface area contributed by atoms with Crippen LogP contribution in [0.4, 0.5) is 0 Å². The summed E-state index contributed by atoms with van der Waals surface area (Å²) in [5.41, 5.74) is 7.80. The van der Waals surface area contributed by atoms with E-state index in [0.29, 0.717) is 13.1 Å². The van der Waals surface area contributed by atoms with Crippen LogP contribution in [0.25, 0.3) is 0 Å². The van der Waals surface area contributed by atoms with E-state index in [9.17, 15) is 15.8 Å². The number of nitrogens with two attached hydrogens (primary N) is 1. The predicted molar refractivity (Wildman–Crippen MR) is 111 cm³/mol. The fraction of sp³-hybridized carbons (Fsp3) is 0.250. The lowest BCUT2D eigenvalue weighted by Crippen LogP contribution is -2.47. The van der Waals surface area contributed by atoms with Gasteiger partial charge in [0.25, 0.3) is 0 Å². The Bertz CT molecular complexity index is 1110. The molecule has 4 rings (SSSR count). The Morgan fingerprint density at radius 1 is 1.10 bits per heavy atom. The van der Waals surface area contributed by atoms with Crippen molar-refractivity contribution < 1.29 is 0 Å². The van der Waals surface area contributed by atoms with Crippen molar-refractivity contribution in [3.8, 4) is 18.2 Å². The molecule has 0 radical (unpaired) electrons. The Morgan fingerprint density at radius 2 is 1.87 bits per heavy atom. The highest BCUT2D eigenvalue weighted by molar-refractivity contribution is 5.59. The van der Waals surface area contributed by atoms with E-state index in [2.05, 4.69) is 40.2 Å². The topological polar surface area (TPSA) is 114 Å². The summed E-state index contributed by atoms with van der Waals surface area (Å²) in [5, 5.41) is 30.0. The molecule has 0 fully saturated rings. The molecule has 2 N–H and O–H groups in total. The summed E-state index contributed by atoms with van der Waals surface area (Å²) in [7, 11) is 0. The van der Waals surface area contributed by atoms with Gasteiger partial charge in [-0.15, -0.1) is 0 Å². The molecular formula is C24H20N6. The van der Waals surface area contributed by atoms with Crippen LogP contribution in [0.1, 0.15) is 17.0 Å². The summed E-state index contributed by atoms with van der Waals surface area (Å²) in [4.78, 5) is 6.48. The highest BCUT2D eigenvalue weighted by atomic mass is 15.1. The highest BCUT2D eigenvalue weighted by Gasteiger charge is 2.54. The van der Waals surface area contributed by atoms with Crippen LogP contribution in [0.3, 0.4) is 0 Å². The van der Waals surface area contributed by atoms with E-state index in [1.807, 2.05) is 30.3 Å². The molecule has 0 unspecified atom stereocenters. The number of nitrogens with zero attached hydrogens (tertiary/aromatic N) is 5. The molecule has 1 aliphatic carbocycles. The van der Waals surface area contributed by atoms with Gasteiger partial charge in [0.2, 0.25) is 0 Å². The second kappa shape index (κ2) is 7.84. The van der Waals surface area contributed by atoms with Crippen molar-refractivity contribution in [3.05, 3.63) is 88.9 Å². The Balaban J connectivity index is 1.83. The summed E-state index contributed by atoms with van der Waals surface area (Å²) >= 11 is 0. The smallest absolute Gasteiger partial charge is 0.191 e. The number of benzene rings is 1. The molecule has 0 amide bonds. The third-order valence-corrected chi connectivity index (χ3v) is 6.03. The molecule has 2 aromatic rings. The van der Waals surface area contributed by atoms with Crippen molar-refractivity contribution in [3.63, 3.8) is 0 Å². The number of rotatable bonds is 3. The van der Waals surface area contributed by atoms with Gasteiger partial charge in [-0.25, -0.2) is 0 Å². The zero-order chi connectivity index (χ0) is 21.1. The largest absolute Gasteiger partial charge is 0.399 e. The molecular weight excluding hydrogens is 372 g/mol. The van der Waals surface area contributed by atoms with Gasteiger partial charge in [0.1, 0.15) is 6.07 Å². The van der Waals surface area contributed by atoms with E-state index in [1.165, 1.54) is 5.56 Å². The van der Waals surface area contributed by atoms with Gasteiger partial charge in [-0.1, -0.05) is 42.5 Å². The Kier molecular flexibility index (Phi) is 5.07. The van der Waals surface area contributed by atoms with Gasteiger partial charge in [-0.2, -0.15) is 15.8 Å². The zero-order valence-corrected chi connectivity index (χ0v) is 16.4. The van der Waals surface area contributed by atoms with E-state index in [4.69, 9.17) is 5.73 Å². The summed E-state index contributed by atoms with van der Waals surface area (Å²) in [6.45, 7) is 2.03. The Morgan fingerprint density at radius 3 is 2.50 bits per heavy atom. The quantitative estimate of drug-likeness (QED) is 0.859. The number of hydrogen-bond donors (Lipinski definition) is 1. The summed E-state index contributed by atoms with van der Waals surface area (Å²) in [6, 6.07) is 20.3. The number of nitriles is 3. The van der Waals surface area contributed by atoms with Crippen LogP contribution in [-0.4, -0.2) is 23.0 Å². The third kappa shape index (κ3) is 3.03. The molecule has 2 aliphatic rings. The molecule has 30 heavy (non-hydrogen) atoms. The maximum Gasteiger partial charge on any atom is 0.191 e. The standard InChI is InChI=1S/C24H20N6/c25-11-20-19-8-10-30(13-17-5-2-1-3-6-17)14-21(19)22(18-7-4-9-29-12-18)24(15-26,16-27)23(20)28/h1-9,12,21-22H,10,13-14,28H2/t21-,22-/m1/s1. The lowest BCUT2D eigenvalue weighted by Gasteiger charge is -2.45. The molecule has 1 aromatic heterocycles. The summed E-state index contributed by atoms with van der Waals surface area (Å²) in [5.74, 6) is -0.726. The van der Waals surface area contributed by atoms with Gasteiger partial charge in [-0.05, 0) is 22.8 Å². The number of hydrogen-bond acceptors (Lipinski definition) is 6. The first kappa shape index (κ1) is 19.4.